The van der Waals surface area contributed by atoms with Crippen LogP contribution in [0.2, 0.25) is 0 Å². The van der Waals surface area contributed by atoms with Gasteiger partial charge in [0.05, 0.1) is 23.4 Å². The second kappa shape index (κ2) is 4.67. The molecule has 4 rings (SSSR count). The van der Waals surface area contributed by atoms with Crippen LogP contribution in [0.3, 0.4) is 0 Å². The quantitative estimate of drug-likeness (QED) is 0.771. The smallest absolute Gasteiger partial charge is 0.407 e. The first-order chi connectivity index (χ1) is 11.1. The molecule has 0 unspecified atom stereocenters. The number of carboxylic acid groups (broad SMARTS) is 1. The first kappa shape index (κ1) is 13.5. The number of carbonyl (C=O) groups is 3. The molecule has 0 spiro atoms. The Morgan fingerprint density at radius 3 is 2.43 bits per heavy atom. The van der Waals surface area contributed by atoms with Crippen molar-refractivity contribution in [3.05, 3.63) is 46.6 Å². The van der Waals surface area contributed by atoms with Gasteiger partial charge in [-0.25, -0.2) is 9.69 Å². The summed E-state index contributed by atoms with van der Waals surface area (Å²) in [5.74, 6) is -0.530. The number of hydrogen-bond donors (Lipinski definition) is 2. The van der Waals surface area contributed by atoms with Crippen LogP contribution in [0.15, 0.2) is 24.3 Å². The van der Waals surface area contributed by atoms with Crippen LogP contribution in [0.25, 0.3) is 0 Å². The van der Waals surface area contributed by atoms with Crippen molar-refractivity contribution in [1.82, 2.24) is 15.1 Å². The Bertz CT molecular complexity index is 822. The largest absolute Gasteiger partial charge is 0.465 e. The molecule has 0 saturated carbocycles. The number of carbonyl (C=O) groups excluding carboxylic acids is 2. The summed E-state index contributed by atoms with van der Waals surface area (Å²) in [4.78, 5) is 38.4. The van der Waals surface area contributed by atoms with Gasteiger partial charge in [-0.2, -0.15) is 5.10 Å². The fourth-order valence-corrected chi connectivity index (χ4v) is 3.03. The molecule has 23 heavy (non-hydrogen) atoms. The number of nitrogens with zero attached hydrogens (tertiary/aromatic N) is 3. The number of imide groups is 1. The van der Waals surface area contributed by atoms with Crippen LogP contribution in [-0.2, 0) is 13.0 Å². The van der Waals surface area contributed by atoms with Gasteiger partial charge in [0, 0.05) is 12.1 Å². The summed E-state index contributed by atoms with van der Waals surface area (Å²) in [7, 11) is 0. The van der Waals surface area contributed by atoms with Gasteiger partial charge in [-0.05, 0) is 18.6 Å². The Morgan fingerprint density at radius 2 is 1.83 bits per heavy atom. The van der Waals surface area contributed by atoms with E-state index in [2.05, 4.69) is 10.2 Å². The number of aromatic amines is 1. The van der Waals surface area contributed by atoms with Gasteiger partial charge >= 0.3 is 6.09 Å². The maximum absolute atomic E-state index is 12.5. The third-order valence-electron chi connectivity index (χ3n) is 4.19. The highest BCUT2D eigenvalue weighted by Crippen LogP contribution is 2.32. The molecule has 1 aromatic carbocycles. The summed E-state index contributed by atoms with van der Waals surface area (Å²) in [6, 6.07) is 6.64. The molecule has 3 amide bonds. The van der Waals surface area contributed by atoms with E-state index in [9.17, 15) is 14.4 Å². The van der Waals surface area contributed by atoms with Crippen molar-refractivity contribution in [3.8, 4) is 0 Å². The summed E-state index contributed by atoms with van der Waals surface area (Å²) >= 11 is 0. The molecule has 0 radical (unpaired) electrons. The van der Waals surface area contributed by atoms with Gasteiger partial charge in [-0.15, -0.1) is 0 Å². The molecule has 2 N–H and O–H groups in total. The third-order valence-corrected chi connectivity index (χ3v) is 4.19. The number of rotatable bonds is 1. The van der Waals surface area contributed by atoms with E-state index in [1.165, 1.54) is 4.90 Å². The van der Waals surface area contributed by atoms with E-state index in [0.29, 0.717) is 29.8 Å². The summed E-state index contributed by atoms with van der Waals surface area (Å²) in [5, 5.41) is 15.9. The highest BCUT2D eigenvalue weighted by Gasteiger charge is 2.40. The van der Waals surface area contributed by atoms with Crippen molar-refractivity contribution in [2.75, 3.05) is 11.4 Å². The van der Waals surface area contributed by atoms with Crippen LogP contribution in [0.1, 0.15) is 32.0 Å². The lowest BCUT2D eigenvalue weighted by molar-refractivity contribution is 0.0924. The topological polar surface area (TPSA) is 107 Å². The molecule has 2 aliphatic heterocycles. The van der Waals surface area contributed by atoms with Crippen molar-refractivity contribution in [3.63, 3.8) is 0 Å². The van der Waals surface area contributed by atoms with Crippen LogP contribution in [0.4, 0.5) is 10.6 Å². The summed E-state index contributed by atoms with van der Waals surface area (Å²) in [6.07, 6.45) is -0.603. The molecule has 8 nitrogen and oxygen atoms in total. The van der Waals surface area contributed by atoms with E-state index >= 15 is 0 Å². The lowest BCUT2D eigenvalue weighted by Gasteiger charge is -2.24. The van der Waals surface area contributed by atoms with Crippen LogP contribution in [-0.4, -0.2) is 44.7 Å². The summed E-state index contributed by atoms with van der Waals surface area (Å²) in [5.41, 5.74) is 2.05. The van der Waals surface area contributed by atoms with Crippen LogP contribution in [0.5, 0.6) is 0 Å². The van der Waals surface area contributed by atoms with Gasteiger partial charge in [0.1, 0.15) is 0 Å². The van der Waals surface area contributed by atoms with Crippen LogP contribution in [0, 0.1) is 0 Å². The zero-order chi connectivity index (χ0) is 16.1. The second-order valence-corrected chi connectivity index (χ2v) is 5.45. The molecule has 0 aliphatic carbocycles. The number of aromatic nitrogens is 2. The first-order valence-electron chi connectivity index (χ1n) is 7.09. The second-order valence-electron chi connectivity index (χ2n) is 5.45. The molecule has 0 fully saturated rings. The monoisotopic (exact) mass is 312 g/mol. The van der Waals surface area contributed by atoms with E-state index in [0.717, 1.165) is 10.5 Å². The average Bonchev–Trinajstić information content (AvgIpc) is 3.07. The first-order valence-corrected chi connectivity index (χ1v) is 7.09. The number of nitrogens with one attached hydrogen (secondary N) is 1. The summed E-state index contributed by atoms with van der Waals surface area (Å²) < 4.78 is 0. The van der Waals surface area contributed by atoms with E-state index in [1.807, 2.05) is 0 Å². The van der Waals surface area contributed by atoms with Gasteiger partial charge in [-0.1, -0.05) is 12.1 Å². The number of hydrogen-bond acceptors (Lipinski definition) is 4. The molecule has 2 aromatic rings. The molecule has 8 heteroatoms. The maximum Gasteiger partial charge on any atom is 0.407 e. The fourth-order valence-electron chi connectivity index (χ4n) is 3.03. The third kappa shape index (κ3) is 1.84. The molecule has 3 heterocycles. The number of amides is 3. The Labute approximate surface area is 130 Å². The average molecular weight is 312 g/mol. The van der Waals surface area contributed by atoms with Gasteiger partial charge in [0.15, 0.2) is 5.82 Å². The molecular formula is C15H12N4O4. The Balaban J connectivity index is 1.73. The minimum absolute atomic E-state index is 0.167. The molecule has 0 bridgehead atoms. The SMILES string of the molecule is O=C(O)N1CCc2c(N3C(=O)c4ccccc4C3=O)n[nH]c2C1. The van der Waals surface area contributed by atoms with Crippen molar-refractivity contribution in [1.29, 1.82) is 0 Å². The van der Waals surface area contributed by atoms with Crippen molar-refractivity contribution in [2.45, 2.75) is 13.0 Å². The highest BCUT2D eigenvalue weighted by molar-refractivity contribution is 6.34. The van der Waals surface area contributed by atoms with Crippen LogP contribution >= 0.6 is 0 Å². The highest BCUT2D eigenvalue weighted by atomic mass is 16.4. The lowest BCUT2D eigenvalue weighted by atomic mass is 10.1. The minimum atomic E-state index is -1.01. The Morgan fingerprint density at radius 1 is 1.17 bits per heavy atom. The van der Waals surface area contributed by atoms with E-state index in [1.54, 1.807) is 24.3 Å². The fraction of sp³-hybridized carbons (Fsp3) is 0.200. The normalized spacial score (nSPS) is 16.5. The van der Waals surface area contributed by atoms with E-state index in [4.69, 9.17) is 5.11 Å². The number of fused-ring (bicyclic) bond motifs is 2. The van der Waals surface area contributed by atoms with Crippen molar-refractivity contribution >= 4 is 23.7 Å². The molecule has 0 atom stereocenters. The minimum Gasteiger partial charge on any atom is -0.465 e. The molecular weight excluding hydrogens is 300 g/mol. The zero-order valence-corrected chi connectivity index (χ0v) is 11.9. The Kier molecular flexibility index (Phi) is 2.74. The predicted octanol–water partition coefficient (Wildman–Crippen LogP) is 1.25. The lowest BCUT2D eigenvalue weighted by Crippen LogP contribution is -2.36. The van der Waals surface area contributed by atoms with Crippen LogP contribution < -0.4 is 4.90 Å². The Hall–Kier alpha value is -3.16. The number of anilines is 1. The molecule has 1 aromatic heterocycles. The molecule has 2 aliphatic rings. The standard InChI is InChI=1S/C15H12N4O4/c20-13-8-3-1-2-4-9(8)14(21)19(13)12-10-5-6-18(15(22)23)7-11(10)16-17-12/h1-4H,5-7H2,(H,16,17)(H,22,23). The van der Waals surface area contributed by atoms with Gasteiger partial charge in [-0.3, -0.25) is 14.7 Å². The molecule has 0 saturated heterocycles. The number of H-pyrrole nitrogens is 1. The van der Waals surface area contributed by atoms with E-state index in [-0.39, 0.29) is 12.4 Å². The zero-order valence-electron chi connectivity index (χ0n) is 11.9. The molecule has 116 valence electrons. The van der Waals surface area contributed by atoms with Gasteiger partial charge < -0.3 is 10.0 Å². The van der Waals surface area contributed by atoms with Gasteiger partial charge in [0.25, 0.3) is 11.8 Å². The maximum atomic E-state index is 12.5. The summed E-state index contributed by atoms with van der Waals surface area (Å²) in [6.45, 7) is 0.471. The van der Waals surface area contributed by atoms with Gasteiger partial charge in [0.2, 0.25) is 0 Å². The predicted molar refractivity (Wildman–Crippen MR) is 78.3 cm³/mol. The van der Waals surface area contributed by atoms with E-state index < -0.39 is 17.9 Å². The number of benzene rings is 1. The van der Waals surface area contributed by atoms with Crippen molar-refractivity contribution in [2.24, 2.45) is 0 Å². The van der Waals surface area contributed by atoms with Crippen molar-refractivity contribution < 1.29 is 19.5 Å².